The Hall–Kier alpha value is -1.85. The van der Waals surface area contributed by atoms with Gasteiger partial charge in [-0.25, -0.2) is 0 Å². The molecule has 2 saturated heterocycles. The zero-order valence-electron chi connectivity index (χ0n) is 10.5. The highest BCUT2D eigenvalue weighted by Crippen LogP contribution is 2.20. The number of nitrogens with one attached hydrogen (secondary N) is 2. The summed E-state index contributed by atoms with van der Waals surface area (Å²) in [5.74, 6) is -0.389. The maximum absolute atomic E-state index is 11.6. The van der Waals surface area contributed by atoms with Gasteiger partial charge in [0.2, 0.25) is 17.7 Å². The van der Waals surface area contributed by atoms with Crippen molar-refractivity contribution in [2.45, 2.75) is 32.4 Å². The smallest absolute Gasteiger partial charge is 0.244 e. The summed E-state index contributed by atoms with van der Waals surface area (Å²) in [5, 5.41) is 5.37. The Morgan fingerprint density at radius 3 is 2.78 bits per heavy atom. The van der Waals surface area contributed by atoms with Crippen molar-refractivity contribution < 1.29 is 14.4 Å². The SMILES string of the molecule is CC(C)=CC(=O)N[C@@H]1C[C@H]2C(=O)NCC(=O)N2C1. The minimum atomic E-state index is -0.428. The summed E-state index contributed by atoms with van der Waals surface area (Å²) < 4.78 is 0. The summed E-state index contributed by atoms with van der Waals surface area (Å²) in [7, 11) is 0. The lowest BCUT2D eigenvalue weighted by Crippen LogP contribution is -2.55. The van der Waals surface area contributed by atoms with Crippen LogP contribution in [-0.2, 0) is 14.4 Å². The Morgan fingerprint density at radius 1 is 1.44 bits per heavy atom. The molecule has 3 amide bonds. The first-order valence-corrected chi connectivity index (χ1v) is 6.00. The molecule has 2 atom stereocenters. The molecular formula is C12H17N3O3. The van der Waals surface area contributed by atoms with E-state index in [1.165, 1.54) is 6.08 Å². The van der Waals surface area contributed by atoms with Crippen LogP contribution in [0.2, 0.25) is 0 Å². The molecule has 2 aliphatic heterocycles. The van der Waals surface area contributed by atoms with Gasteiger partial charge >= 0.3 is 0 Å². The minimum absolute atomic E-state index is 0.0595. The zero-order chi connectivity index (χ0) is 13.3. The molecule has 0 aromatic rings. The number of piperazine rings is 1. The summed E-state index contributed by atoms with van der Waals surface area (Å²) >= 11 is 0. The van der Waals surface area contributed by atoms with E-state index in [1.54, 1.807) is 4.90 Å². The van der Waals surface area contributed by atoms with Gasteiger partial charge in [-0.1, -0.05) is 5.57 Å². The second-order valence-electron chi connectivity index (χ2n) is 4.94. The van der Waals surface area contributed by atoms with Gasteiger partial charge in [-0.05, 0) is 20.3 Å². The van der Waals surface area contributed by atoms with Crippen LogP contribution in [0.5, 0.6) is 0 Å². The molecule has 0 spiro atoms. The van der Waals surface area contributed by atoms with Crippen LogP contribution in [0, 0.1) is 0 Å². The van der Waals surface area contributed by atoms with E-state index in [0.717, 1.165) is 5.57 Å². The highest BCUT2D eigenvalue weighted by Gasteiger charge is 2.42. The maximum atomic E-state index is 11.6. The van der Waals surface area contributed by atoms with Gasteiger partial charge in [0.05, 0.1) is 6.54 Å². The average molecular weight is 251 g/mol. The lowest BCUT2D eigenvalue weighted by atomic mass is 10.1. The predicted octanol–water partition coefficient (Wildman–Crippen LogP) is -0.832. The van der Waals surface area contributed by atoms with E-state index in [-0.39, 0.29) is 30.3 Å². The molecule has 2 aliphatic rings. The molecule has 0 saturated carbocycles. The third-order valence-electron chi connectivity index (χ3n) is 3.10. The van der Waals surface area contributed by atoms with Crippen molar-refractivity contribution in [3.8, 4) is 0 Å². The van der Waals surface area contributed by atoms with Gasteiger partial charge in [-0.2, -0.15) is 0 Å². The fraction of sp³-hybridized carbons (Fsp3) is 0.583. The summed E-state index contributed by atoms with van der Waals surface area (Å²) in [5.41, 5.74) is 0.914. The van der Waals surface area contributed by atoms with Crippen LogP contribution in [0.4, 0.5) is 0 Å². The third kappa shape index (κ3) is 2.52. The van der Waals surface area contributed by atoms with Crippen molar-refractivity contribution in [2.75, 3.05) is 13.1 Å². The van der Waals surface area contributed by atoms with Crippen LogP contribution >= 0.6 is 0 Å². The van der Waals surface area contributed by atoms with Crippen LogP contribution in [0.25, 0.3) is 0 Å². The highest BCUT2D eigenvalue weighted by atomic mass is 16.2. The number of hydrogen-bond donors (Lipinski definition) is 2. The molecule has 0 aliphatic carbocycles. The van der Waals surface area contributed by atoms with Crippen molar-refractivity contribution in [3.05, 3.63) is 11.6 Å². The van der Waals surface area contributed by atoms with Crippen molar-refractivity contribution in [1.82, 2.24) is 15.5 Å². The monoisotopic (exact) mass is 251 g/mol. The first-order chi connectivity index (χ1) is 8.47. The van der Waals surface area contributed by atoms with E-state index in [9.17, 15) is 14.4 Å². The van der Waals surface area contributed by atoms with Crippen LogP contribution in [0.3, 0.4) is 0 Å². The van der Waals surface area contributed by atoms with Crippen molar-refractivity contribution >= 4 is 17.7 Å². The number of fused-ring (bicyclic) bond motifs is 1. The maximum Gasteiger partial charge on any atom is 0.244 e. The molecular weight excluding hydrogens is 234 g/mol. The molecule has 0 unspecified atom stereocenters. The second kappa shape index (κ2) is 4.80. The van der Waals surface area contributed by atoms with Gasteiger partial charge in [0.15, 0.2) is 0 Å². The van der Waals surface area contributed by atoms with Gasteiger partial charge in [-0.15, -0.1) is 0 Å². The molecule has 0 aromatic carbocycles. The molecule has 2 rings (SSSR count). The number of carbonyl (C=O) groups is 3. The predicted molar refractivity (Wildman–Crippen MR) is 64.5 cm³/mol. The van der Waals surface area contributed by atoms with E-state index in [2.05, 4.69) is 10.6 Å². The topological polar surface area (TPSA) is 78.5 Å². The first kappa shape index (κ1) is 12.6. The van der Waals surface area contributed by atoms with Crippen LogP contribution in [-0.4, -0.2) is 47.8 Å². The molecule has 2 fully saturated rings. The van der Waals surface area contributed by atoms with E-state index in [4.69, 9.17) is 0 Å². The molecule has 0 bridgehead atoms. The number of nitrogens with zero attached hydrogens (tertiary/aromatic N) is 1. The average Bonchev–Trinajstić information content (AvgIpc) is 2.67. The van der Waals surface area contributed by atoms with E-state index in [1.807, 2.05) is 13.8 Å². The van der Waals surface area contributed by atoms with Gasteiger partial charge in [-0.3, -0.25) is 14.4 Å². The van der Waals surface area contributed by atoms with Crippen molar-refractivity contribution in [2.24, 2.45) is 0 Å². The van der Waals surface area contributed by atoms with Gasteiger partial charge in [0.1, 0.15) is 6.04 Å². The Balaban J connectivity index is 1.99. The largest absolute Gasteiger partial charge is 0.348 e. The fourth-order valence-corrected chi connectivity index (χ4v) is 2.35. The number of carbonyl (C=O) groups excluding carboxylic acids is 3. The lowest BCUT2D eigenvalue weighted by molar-refractivity contribution is -0.143. The normalized spacial score (nSPS) is 26.4. The summed E-state index contributed by atoms with van der Waals surface area (Å²) in [4.78, 5) is 36.4. The van der Waals surface area contributed by atoms with Crippen LogP contribution in [0.15, 0.2) is 11.6 Å². The van der Waals surface area contributed by atoms with Crippen LogP contribution < -0.4 is 10.6 Å². The van der Waals surface area contributed by atoms with Gasteiger partial charge in [0, 0.05) is 18.7 Å². The summed E-state index contributed by atoms with van der Waals surface area (Å²) in [6, 6.07) is -0.575. The Morgan fingerprint density at radius 2 is 2.17 bits per heavy atom. The Bertz CT molecular complexity index is 402. The molecule has 0 radical (unpaired) electrons. The molecule has 2 heterocycles. The molecule has 6 heteroatoms. The van der Waals surface area contributed by atoms with E-state index < -0.39 is 6.04 Å². The van der Waals surface area contributed by atoms with Crippen LogP contribution in [0.1, 0.15) is 20.3 Å². The quantitative estimate of drug-likeness (QED) is 0.629. The Labute approximate surface area is 105 Å². The van der Waals surface area contributed by atoms with E-state index in [0.29, 0.717) is 13.0 Å². The number of hydrogen-bond acceptors (Lipinski definition) is 3. The molecule has 6 nitrogen and oxygen atoms in total. The lowest BCUT2D eigenvalue weighted by Gasteiger charge is -2.28. The minimum Gasteiger partial charge on any atom is -0.348 e. The van der Waals surface area contributed by atoms with Gasteiger partial charge in [0.25, 0.3) is 0 Å². The molecule has 18 heavy (non-hydrogen) atoms. The van der Waals surface area contributed by atoms with Crippen molar-refractivity contribution in [3.63, 3.8) is 0 Å². The summed E-state index contributed by atoms with van der Waals surface area (Å²) in [6.07, 6.45) is 2.00. The number of rotatable bonds is 2. The number of amides is 3. The summed E-state index contributed by atoms with van der Waals surface area (Å²) in [6.45, 7) is 4.16. The second-order valence-corrected chi connectivity index (χ2v) is 4.94. The van der Waals surface area contributed by atoms with Crippen molar-refractivity contribution in [1.29, 1.82) is 0 Å². The fourth-order valence-electron chi connectivity index (χ4n) is 2.35. The zero-order valence-corrected chi connectivity index (χ0v) is 10.5. The highest BCUT2D eigenvalue weighted by molar-refractivity contribution is 5.95. The first-order valence-electron chi connectivity index (χ1n) is 6.00. The number of allylic oxidation sites excluding steroid dienone is 1. The van der Waals surface area contributed by atoms with E-state index >= 15 is 0 Å². The standard InChI is InChI=1S/C12H17N3O3/c1-7(2)3-10(16)14-8-4-9-12(18)13-5-11(17)15(9)6-8/h3,8-9H,4-6H2,1-2H3,(H,13,18)(H,14,16)/t8-,9+/m1/s1. The third-order valence-corrected chi connectivity index (χ3v) is 3.10. The molecule has 2 N–H and O–H groups in total. The Kier molecular flexibility index (Phi) is 3.36. The molecule has 98 valence electrons. The molecule has 0 aromatic heterocycles. The van der Waals surface area contributed by atoms with Gasteiger partial charge < -0.3 is 15.5 Å².